The molecule has 0 aliphatic carbocycles. The number of halogens is 3. The third-order valence-electron chi connectivity index (χ3n) is 3.58. The van der Waals surface area contributed by atoms with E-state index in [9.17, 15) is 22.8 Å². The minimum absolute atomic E-state index is 0.0442. The van der Waals surface area contributed by atoms with Gasteiger partial charge in [-0.3, -0.25) is 9.59 Å². The summed E-state index contributed by atoms with van der Waals surface area (Å²) in [6, 6.07) is 9.25. The number of benzene rings is 2. The van der Waals surface area contributed by atoms with Crippen LogP contribution in [-0.2, 0) is 17.5 Å². The number of nitrogens with one attached hydrogen (secondary N) is 2. The highest BCUT2D eigenvalue weighted by Crippen LogP contribution is 2.30. The molecular formula is C17H13F3N2O3. The Morgan fingerprint density at radius 3 is 2.76 bits per heavy atom. The number of rotatable bonds is 3. The van der Waals surface area contributed by atoms with Crippen LogP contribution in [0.25, 0.3) is 0 Å². The van der Waals surface area contributed by atoms with E-state index in [1.807, 2.05) is 0 Å². The topological polar surface area (TPSA) is 67.4 Å². The van der Waals surface area contributed by atoms with Crippen molar-refractivity contribution in [3.8, 4) is 5.75 Å². The summed E-state index contributed by atoms with van der Waals surface area (Å²) in [4.78, 5) is 23.4. The molecular weight excluding hydrogens is 337 g/mol. The monoisotopic (exact) mass is 350 g/mol. The summed E-state index contributed by atoms with van der Waals surface area (Å²) in [6.45, 7) is -0.181. The van der Waals surface area contributed by atoms with Crippen LogP contribution in [0, 0.1) is 0 Å². The highest BCUT2D eigenvalue weighted by Gasteiger charge is 2.30. The van der Waals surface area contributed by atoms with Crippen LogP contribution in [0.1, 0.15) is 21.5 Å². The third kappa shape index (κ3) is 3.90. The van der Waals surface area contributed by atoms with Crippen molar-refractivity contribution in [2.45, 2.75) is 12.7 Å². The predicted octanol–water partition coefficient (Wildman–Crippen LogP) is 2.97. The van der Waals surface area contributed by atoms with Crippen molar-refractivity contribution in [3.05, 3.63) is 59.2 Å². The van der Waals surface area contributed by atoms with Crippen LogP contribution in [-0.4, -0.2) is 18.4 Å². The Hall–Kier alpha value is -3.03. The van der Waals surface area contributed by atoms with Crippen LogP contribution in [0.2, 0.25) is 0 Å². The standard InChI is InChI=1S/C17H13F3N2O3/c18-17(19,20)12-3-1-2-10(6-12)8-21-16(24)11-4-5-13-14(7-11)25-9-15(23)22-13/h1-7H,8-9H2,(H,21,24)(H,22,23). The second kappa shape index (κ2) is 6.46. The molecule has 1 heterocycles. The summed E-state index contributed by atoms with van der Waals surface area (Å²) in [7, 11) is 0. The molecule has 0 radical (unpaired) electrons. The van der Waals surface area contributed by atoms with Gasteiger partial charge >= 0.3 is 6.18 Å². The summed E-state index contributed by atoms with van der Waals surface area (Å²) < 4.78 is 43.3. The van der Waals surface area contributed by atoms with Gasteiger partial charge in [-0.05, 0) is 35.9 Å². The van der Waals surface area contributed by atoms with E-state index in [0.717, 1.165) is 12.1 Å². The van der Waals surface area contributed by atoms with Crippen molar-refractivity contribution >= 4 is 17.5 Å². The summed E-state index contributed by atoms with van der Waals surface area (Å²) >= 11 is 0. The van der Waals surface area contributed by atoms with Crippen LogP contribution in [0.4, 0.5) is 18.9 Å². The number of ether oxygens (including phenoxy) is 1. The molecule has 8 heteroatoms. The molecule has 0 atom stereocenters. The molecule has 130 valence electrons. The molecule has 25 heavy (non-hydrogen) atoms. The quantitative estimate of drug-likeness (QED) is 0.894. The van der Waals surface area contributed by atoms with Gasteiger partial charge in [-0.1, -0.05) is 12.1 Å². The largest absolute Gasteiger partial charge is 0.482 e. The first-order valence-corrected chi connectivity index (χ1v) is 7.34. The summed E-state index contributed by atoms with van der Waals surface area (Å²) in [5.74, 6) is -0.374. The van der Waals surface area contributed by atoms with Crippen LogP contribution < -0.4 is 15.4 Å². The van der Waals surface area contributed by atoms with E-state index in [2.05, 4.69) is 10.6 Å². The van der Waals surface area contributed by atoms with Gasteiger partial charge in [0.05, 0.1) is 11.3 Å². The van der Waals surface area contributed by atoms with Gasteiger partial charge in [-0.25, -0.2) is 0 Å². The molecule has 2 amide bonds. The minimum atomic E-state index is -4.43. The highest BCUT2D eigenvalue weighted by atomic mass is 19.4. The van der Waals surface area contributed by atoms with Gasteiger partial charge < -0.3 is 15.4 Å². The number of alkyl halides is 3. The number of carbonyl (C=O) groups excluding carboxylic acids is 2. The van der Waals surface area contributed by atoms with E-state index < -0.39 is 17.6 Å². The molecule has 5 nitrogen and oxygen atoms in total. The molecule has 0 saturated carbocycles. The number of carbonyl (C=O) groups is 2. The number of hydrogen-bond donors (Lipinski definition) is 2. The van der Waals surface area contributed by atoms with E-state index in [0.29, 0.717) is 17.0 Å². The van der Waals surface area contributed by atoms with Gasteiger partial charge in [0.1, 0.15) is 5.75 Å². The Balaban J connectivity index is 1.68. The van der Waals surface area contributed by atoms with Gasteiger partial charge in [0.15, 0.2) is 6.61 Å². The Morgan fingerprint density at radius 1 is 1.20 bits per heavy atom. The van der Waals surface area contributed by atoms with Crippen molar-refractivity contribution in [3.63, 3.8) is 0 Å². The third-order valence-corrected chi connectivity index (χ3v) is 3.58. The summed E-state index contributed by atoms with van der Waals surface area (Å²) in [5, 5.41) is 5.16. The maximum absolute atomic E-state index is 12.7. The molecule has 0 aromatic heterocycles. The second-order valence-electron chi connectivity index (χ2n) is 5.43. The molecule has 1 aliphatic rings. The number of anilines is 1. The smallest absolute Gasteiger partial charge is 0.416 e. The zero-order valence-corrected chi connectivity index (χ0v) is 12.8. The van der Waals surface area contributed by atoms with E-state index >= 15 is 0 Å². The normalized spacial score (nSPS) is 13.5. The molecule has 3 rings (SSSR count). The number of amides is 2. The van der Waals surface area contributed by atoms with Gasteiger partial charge in [-0.15, -0.1) is 0 Å². The van der Waals surface area contributed by atoms with Crippen molar-refractivity contribution in [1.82, 2.24) is 5.32 Å². The summed E-state index contributed by atoms with van der Waals surface area (Å²) in [5.41, 5.74) is 0.314. The maximum atomic E-state index is 12.7. The molecule has 0 bridgehead atoms. The Labute approximate surface area is 140 Å². The fourth-order valence-electron chi connectivity index (χ4n) is 2.36. The van der Waals surface area contributed by atoms with E-state index in [-0.39, 0.29) is 24.6 Å². The van der Waals surface area contributed by atoms with E-state index in [1.165, 1.54) is 30.3 Å². The average Bonchev–Trinajstić information content (AvgIpc) is 2.58. The Morgan fingerprint density at radius 2 is 2.00 bits per heavy atom. The Bertz CT molecular complexity index is 834. The molecule has 0 saturated heterocycles. The van der Waals surface area contributed by atoms with Gasteiger partial charge in [0.2, 0.25) is 0 Å². The molecule has 1 aliphatic heterocycles. The fraction of sp³-hybridized carbons (Fsp3) is 0.176. The molecule has 0 spiro atoms. The van der Waals surface area contributed by atoms with Crippen molar-refractivity contribution in [2.24, 2.45) is 0 Å². The molecule has 2 N–H and O–H groups in total. The van der Waals surface area contributed by atoms with Crippen molar-refractivity contribution in [2.75, 3.05) is 11.9 Å². The molecule has 2 aromatic rings. The minimum Gasteiger partial charge on any atom is -0.482 e. The van der Waals surface area contributed by atoms with Crippen molar-refractivity contribution in [1.29, 1.82) is 0 Å². The highest BCUT2D eigenvalue weighted by molar-refractivity contribution is 5.98. The lowest BCUT2D eigenvalue weighted by molar-refractivity contribution is -0.137. The molecule has 2 aromatic carbocycles. The summed E-state index contributed by atoms with van der Waals surface area (Å²) in [6.07, 6.45) is -4.43. The van der Waals surface area contributed by atoms with Gasteiger partial charge in [-0.2, -0.15) is 13.2 Å². The van der Waals surface area contributed by atoms with Crippen LogP contribution in [0.15, 0.2) is 42.5 Å². The first-order chi connectivity index (χ1) is 11.8. The SMILES string of the molecule is O=C1COc2cc(C(=O)NCc3cccc(C(F)(F)F)c3)ccc2N1. The second-order valence-corrected chi connectivity index (χ2v) is 5.43. The molecule has 0 unspecified atom stereocenters. The van der Waals surface area contributed by atoms with Crippen molar-refractivity contribution < 1.29 is 27.5 Å². The number of hydrogen-bond acceptors (Lipinski definition) is 3. The Kier molecular flexibility index (Phi) is 4.35. The maximum Gasteiger partial charge on any atom is 0.416 e. The van der Waals surface area contributed by atoms with Gasteiger partial charge in [0.25, 0.3) is 11.8 Å². The van der Waals surface area contributed by atoms with E-state index in [1.54, 1.807) is 0 Å². The fourth-order valence-corrected chi connectivity index (χ4v) is 2.36. The average molecular weight is 350 g/mol. The lowest BCUT2D eigenvalue weighted by atomic mass is 10.1. The first kappa shape index (κ1) is 16.8. The van der Waals surface area contributed by atoms with Gasteiger partial charge in [0, 0.05) is 12.1 Å². The zero-order valence-electron chi connectivity index (χ0n) is 12.8. The number of fused-ring (bicyclic) bond motifs is 1. The first-order valence-electron chi connectivity index (χ1n) is 7.34. The predicted molar refractivity (Wildman–Crippen MR) is 83.2 cm³/mol. The van der Waals surface area contributed by atoms with Crippen LogP contribution in [0.3, 0.4) is 0 Å². The lowest BCUT2D eigenvalue weighted by Crippen LogP contribution is -2.26. The zero-order chi connectivity index (χ0) is 18.0. The van der Waals surface area contributed by atoms with E-state index in [4.69, 9.17) is 4.74 Å². The molecule has 0 fully saturated rings. The van der Waals surface area contributed by atoms with Crippen LogP contribution in [0.5, 0.6) is 5.75 Å². The van der Waals surface area contributed by atoms with Crippen LogP contribution >= 0.6 is 0 Å². The lowest BCUT2D eigenvalue weighted by Gasteiger charge is -2.18.